The summed E-state index contributed by atoms with van der Waals surface area (Å²) in [7, 11) is 0. The molecule has 1 heterocycles. The molecule has 0 saturated heterocycles. The smallest absolute Gasteiger partial charge is 0.259 e. The zero-order valence-electron chi connectivity index (χ0n) is 8.66. The minimum atomic E-state index is -0.336. The molecular formula is C11H16N2OS. The maximum Gasteiger partial charge on any atom is 0.259 e. The summed E-state index contributed by atoms with van der Waals surface area (Å²) in [6.45, 7) is 0. The number of anilines is 1. The lowest BCUT2D eigenvalue weighted by molar-refractivity contribution is 0.100. The molecule has 0 spiro atoms. The topological polar surface area (TPSA) is 69.1 Å². The first-order valence-electron chi connectivity index (χ1n) is 5.37. The number of hydrogen-bond donors (Lipinski definition) is 2. The van der Waals surface area contributed by atoms with Crippen LogP contribution in [0.2, 0.25) is 0 Å². The number of amides is 1. The minimum absolute atomic E-state index is 0.336. The Labute approximate surface area is 93.5 Å². The maximum atomic E-state index is 11.3. The SMILES string of the molecule is NC(=O)c1scc(N)c1C1CCCCC1. The Bertz CT molecular complexity index is 367. The molecule has 0 aliphatic heterocycles. The van der Waals surface area contributed by atoms with Gasteiger partial charge in [0.05, 0.1) is 4.88 Å². The summed E-state index contributed by atoms with van der Waals surface area (Å²) >= 11 is 1.38. The van der Waals surface area contributed by atoms with Gasteiger partial charge in [0.15, 0.2) is 0 Å². The fourth-order valence-corrected chi connectivity index (χ4v) is 3.28. The van der Waals surface area contributed by atoms with Gasteiger partial charge in [0.2, 0.25) is 0 Å². The largest absolute Gasteiger partial charge is 0.398 e. The molecule has 4 heteroatoms. The highest BCUT2D eigenvalue weighted by molar-refractivity contribution is 7.12. The molecule has 4 N–H and O–H groups in total. The Kier molecular flexibility index (Phi) is 2.95. The second-order valence-corrected chi connectivity index (χ2v) is 5.01. The first-order chi connectivity index (χ1) is 7.20. The number of nitrogens with two attached hydrogens (primary N) is 2. The van der Waals surface area contributed by atoms with Crippen LogP contribution in [0, 0.1) is 0 Å². The Morgan fingerprint density at radius 1 is 1.33 bits per heavy atom. The van der Waals surface area contributed by atoms with Gasteiger partial charge in [0.25, 0.3) is 5.91 Å². The molecule has 3 nitrogen and oxygen atoms in total. The van der Waals surface area contributed by atoms with Gasteiger partial charge < -0.3 is 11.5 Å². The van der Waals surface area contributed by atoms with Crippen LogP contribution in [0.1, 0.15) is 53.3 Å². The Morgan fingerprint density at radius 2 is 2.00 bits per heavy atom. The summed E-state index contributed by atoms with van der Waals surface area (Å²) in [5.74, 6) is 0.116. The van der Waals surface area contributed by atoms with E-state index in [1.165, 1.54) is 30.6 Å². The summed E-state index contributed by atoms with van der Waals surface area (Å²) in [6.07, 6.45) is 6.05. The standard InChI is InChI=1S/C11H16N2OS/c12-8-6-15-10(11(13)14)9(8)7-4-2-1-3-5-7/h6-7H,1-5,12H2,(H2,13,14). The van der Waals surface area contributed by atoms with Crippen LogP contribution in [0.4, 0.5) is 5.69 Å². The number of carbonyl (C=O) groups is 1. The lowest BCUT2D eigenvalue weighted by atomic mass is 9.83. The highest BCUT2D eigenvalue weighted by Crippen LogP contribution is 2.39. The van der Waals surface area contributed by atoms with Gasteiger partial charge in [0, 0.05) is 16.6 Å². The number of carbonyl (C=O) groups excluding carboxylic acids is 1. The van der Waals surface area contributed by atoms with E-state index >= 15 is 0 Å². The van der Waals surface area contributed by atoms with E-state index in [4.69, 9.17) is 11.5 Å². The van der Waals surface area contributed by atoms with Gasteiger partial charge >= 0.3 is 0 Å². The second-order valence-electron chi connectivity index (χ2n) is 4.13. The fourth-order valence-electron chi connectivity index (χ4n) is 2.38. The molecule has 0 atom stereocenters. The number of rotatable bonds is 2. The van der Waals surface area contributed by atoms with Crippen LogP contribution < -0.4 is 11.5 Å². The molecule has 1 amide bonds. The molecule has 1 aliphatic carbocycles. The summed E-state index contributed by atoms with van der Waals surface area (Å²) < 4.78 is 0. The Hall–Kier alpha value is -1.03. The van der Waals surface area contributed by atoms with Gasteiger partial charge in [-0.3, -0.25) is 4.79 Å². The lowest BCUT2D eigenvalue weighted by Gasteiger charge is -2.22. The van der Waals surface area contributed by atoms with Crippen molar-refractivity contribution in [2.24, 2.45) is 5.73 Å². The van der Waals surface area contributed by atoms with Crippen LogP contribution in [-0.4, -0.2) is 5.91 Å². The van der Waals surface area contributed by atoms with E-state index in [1.54, 1.807) is 0 Å². The summed E-state index contributed by atoms with van der Waals surface area (Å²) in [4.78, 5) is 11.9. The van der Waals surface area contributed by atoms with Crippen molar-refractivity contribution < 1.29 is 4.79 Å². The average molecular weight is 224 g/mol. The van der Waals surface area contributed by atoms with Crippen LogP contribution in [0.15, 0.2) is 5.38 Å². The van der Waals surface area contributed by atoms with E-state index in [0.29, 0.717) is 10.8 Å². The quantitative estimate of drug-likeness (QED) is 0.810. The highest BCUT2D eigenvalue weighted by Gasteiger charge is 2.24. The molecule has 0 aromatic carbocycles. The average Bonchev–Trinajstić information content (AvgIpc) is 2.61. The molecule has 1 aliphatic rings. The zero-order chi connectivity index (χ0) is 10.8. The van der Waals surface area contributed by atoms with Crippen LogP contribution in [-0.2, 0) is 0 Å². The number of thiophene rings is 1. The molecular weight excluding hydrogens is 208 g/mol. The molecule has 1 fully saturated rings. The second kappa shape index (κ2) is 4.23. The predicted octanol–water partition coefficient (Wildman–Crippen LogP) is 2.48. The molecule has 15 heavy (non-hydrogen) atoms. The van der Waals surface area contributed by atoms with Crippen molar-refractivity contribution in [3.63, 3.8) is 0 Å². The van der Waals surface area contributed by atoms with Crippen LogP contribution in [0.3, 0.4) is 0 Å². The number of hydrogen-bond acceptors (Lipinski definition) is 3. The van der Waals surface area contributed by atoms with Crippen molar-refractivity contribution >= 4 is 22.9 Å². The summed E-state index contributed by atoms with van der Waals surface area (Å²) in [5, 5.41) is 1.84. The summed E-state index contributed by atoms with van der Waals surface area (Å²) in [5.41, 5.74) is 13.0. The molecule has 1 aromatic rings. The first-order valence-corrected chi connectivity index (χ1v) is 6.24. The monoisotopic (exact) mass is 224 g/mol. The Morgan fingerprint density at radius 3 is 2.60 bits per heavy atom. The van der Waals surface area contributed by atoms with Gasteiger partial charge in [-0.15, -0.1) is 11.3 Å². The number of primary amides is 1. The van der Waals surface area contributed by atoms with Crippen molar-refractivity contribution in [2.45, 2.75) is 38.0 Å². The summed E-state index contributed by atoms with van der Waals surface area (Å²) in [6, 6.07) is 0. The van der Waals surface area contributed by atoms with Crippen molar-refractivity contribution in [3.8, 4) is 0 Å². The zero-order valence-corrected chi connectivity index (χ0v) is 9.48. The highest BCUT2D eigenvalue weighted by atomic mass is 32.1. The lowest BCUT2D eigenvalue weighted by Crippen LogP contribution is -2.15. The third-order valence-electron chi connectivity index (χ3n) is 3.10. The van der Waals surface area contributed by atoms with Gasteiger partial charge in [0.1, 0.15) is 0 Å². The molecule has 82 valence electrons. The first kappa shape index (κ1) is 10.5. The van der Waals surface area contributed by atoms with Crippen molar-refractivity contribution in [1.29, 1.82) is 0 Å². The van der Waals surface area contributed by atoms with Gasteiger partial charge in [-0.2, -0.15) is 0 Å². The van der Waals surface area contributed by atoms with Gasteiger partial charge in [-0.05, 0) is 18.8 Å². The normalized spacial score (nSPS) is 17.9. The van der Waals surface area contributed by atoms with Crippen LogP contribution >= 0.6 is 11.3 Å². The third kappa shape index (κ3) is 2.00. The van der Waals surface area contributed by atoms with Crippen LogP contribution in [0.25, 0.3) is 0 Å². The van der Waals surface area contributed by atoms with E-state index in [-0.39, 0.29) is 5.91 Å². The van der Waals surface area contributed by atoms with Crippen LogP contribution in [0.5, 0.6) is 0 Å². The van der Waals surface area contributed by atoms with Crippen molar-refractivity contribution in [3.05, 3.63) is 15.8 Å². The molecule has 1 saturated carbocycles. The third-order valence-corrected chi connectivity index (χ3v) is 4.13. The van der Waals surface area contributed by atoms with Crippen molar-refractivity contribution in [2.75, 3.05) is 5.73 Å². The van der Waals surface area contributed by atoms with E-state index in [9.17, 15) is 4.79 Å². The molecule has 2 rings (SSSR count). The fraction of sp³-hybridized carbons (Fsp3) is 0.545. The maximum absolute atomic E-state index is 11.3. The van der Waals surface area contributed by atoms with Crippen molar-refractivity contribution in [1.82, 2.24) is 0 Å². The van der Waals surface area contributed by atoms with E-state index < -0.39 is 0 Å². The van der Waals surface area contributed by atoms with E-state index in [0.717, 1.165) is 24.1 Å². The minimum Gasteiger partial charge on any atom is -0.398 e. The number of nitrogen functional groups attached to an aromatic ring is 1. The van der Waals surface area contributed by atoms with Gasteiger partial charge in [-0.1, -0.05) is 19.3 Å². The van der Waals surface area contributed by atoms with E-state index in [1.807, 2.05) is 5.38 Å². The Balaban J connectivity index is 2.32. The van der Waals surface area contributed by atoms with Gasteiger partial charge in [-0.25, -0.2) is 0 Å². The molecule has 0 unspecified atom stereocenters. The molecule has 0 radical (unpaired) electrons. The molecule has 0 bridgehead atoms. The predicted molar refractivity (Wildman–Crippen MR) is 63.1 cm³/mol. The molecule has 1 aromatic heterocycles. The van der Waals surface area contributed by atoms with E-state index in [2.05, 4.69) is 0 Å².